The van der Waals surface area contributed by atoms with Crippen molar-refractivity contribution in [2.45, 2.75) is 12.7 Å². The van der Waals surface area contributed by atoms with Crippen molar-refractivity contribution in [1.29, 1.82) is 0 Å². The predicted molar refractivity (Wildman–Crippen MR) is 81.4 cm³/mol. The first kappa shape index (κ1) is 14.7. The van der Waals surface area contributed by atoms with E-state index in [2.05, 4.69) is 4.98 Å². The molecule has 0 N–H and O–H groups in total. The minimum Gasteiger partial charge on any atom is -0.337 e. The Morgan fingerprint density at radius 3 is 2.71 bits per heavy atom. The Balaban J connectivity index is 1.97. The van der Waals surface area contributed by atoms with E-state index in [0.717, 1.165) is 5.56 Å². The second kappa shape index (κ2) is 4.83. The van der Waals surface area contributed by atoms with Gasteiger partial charge in [-0.05, 0) is 29.8 Å². The van der Waals surface area contributed by atoms with Crippen molar-refractivity contribution < 1.29 is 18.0 Å². The number of amides is 1. The molecule has 0 radical (unpaired) electrons. The van der Waals surface area contributed by atoms with Crippen molar-refractivity contribution in [3.63, 3.8) is 0 Å². The number of halogens is 3. The van der Waals surface area contributed by atoms with Crippen LogP contribution in [0.25, 0.3) is 16.9 Å². The van der Waals surface area contributed by atoms with Crippen molar-refractivity contribution in [1.82, 2.24) is 14.3 Å². The van der Waals surface area contributed by atoms with Gasteiger partial charge in [-0.1, -0.05) is 12.1 Å². The lowest BCUT2D eigenvalue weighted by Crippen LogP contribution is -2.17. The molecule has 1 amide bonds. The molecule has 3 heterocycles. The van der Waals surface area contributed by atoms with Gasteiger partial charge in [-0.3, -0.25) is 9.20 Å². The molecule has 4 nitrogen and oxygen atoms in total. The zero-order valence-corrected chi connectivity index (χ0v) is 12.6. The first-order chi connectivity index (χ1) is 11.4. The van der Waals surface area contributed by atoms with E-state index in [1.54, 1.807) is 43.6 Å². The molecule has 1 aliphatic rings. The monoisotopic (exact) mass is 331 g/mol. The van der Waals surface area contributed by atoms with Gasteiger partial charge in [-0.2, -0.15) is 13.2 Å². The van der Waals surface area contributed by atoms with E-state index in [4.69, 9.17) is 0 Å². The summed E-state index contributed by atoms with van der Waals surface area (Å²) in [7, 11) is 1.66. The van der Waals surface area contributed by atoms with Gasteiger partial charge in [0.1, 0.15) is 5.65 Å². The molecular weight excluding hydrogens is 319 g/mol. The number of imidazole rings is 1. The third kappa shape index (κ3) is 2.08. The Morgan fingerprint density at radius 1 is 1.17 bits per heavy atom. The molecule has 0 bridgehead atoms. The summed E-state index contributed by atoms with van der Waals surface area (Å²) in [5.41, 5.74) is 0.938. The van der Waals surface area contributed by atoms with E-state index < -0.39 is 11.9 Å². The lowest BCUT2D eigenvalue weighted by Gasteiger charge is -2.09. The van der Waals surface area contributed by atoms with Crippen LogP contribution in [0.15, 0.2) is 42.6 Å². The second-order valence-electron chi connectivity index (χ2n) is 5.77. The van der Waals surface area contributed by atoms with Crippen molar-refractivity contribution in [2.75, 3.05) is 7.05 Å². The van der Waals surface area contributed by atoms with Crippen molar-refractivity contribution in [3.05, 3.63) is 59.4 Å². The number of nitrogens with zero attached hydrogens (tertiary/aromatic N) is 3. The number of rotatable bonds is 1. The smallest absolute Gasteiger partial charge is 0.337 e. The number of carbonyl (C=O) groups is 1. The summed E-state index contributed by atoms with van der Waals surface area (Å²) in [5.74, 6) is -0.120. The van der Waals surface area contributed by atoms with Gasteiger partial charge >= 0.3 is 6.18 Å². The molecule has 1 aliphatic heterocycles. The van der Waals surface area contributed by atoms with Gasteiger partial charge in [0.15, 0.2) is 5.69 Å². The summed E-state index contributed by atoms with van der Waals surface area (Å²) in [6, 6.07) is 9.60. The Morgan fingerprint density at radius 2 is 1.96 bits per heavy atom. The number of pyridine rings is 1. The van der Waals surface area contributed by atoms with E-state index in [9.17, 15) is 18.0 Å². The van der Waals surface area contributed by atoms with Gasteiger partial charge in [-0.25, -0.2) is 4.98 Å². The molecule has 0 fully saturated rings. The molecule has 7 heteroatoms. The number of hydrogen-bond donors (Lipinski definition) is 0. The highest BCUT2D eigenvalue weighted by molar-refractivity contribution is 5.98. The van der Waals surface area contributed by atoms with Crippen LogP contribution >= 0.6 is 0 Å². The van der Waals surface area contributed by atoms with Crippen molar-refractivity contribution in [2.24, 2.45) is 0 Å². The van der Waals surface area contributed by atoms with E-state index in [1.807, 2.05) is 0 Å². The highest BCUT2D eigenvalue weighted by atomic mass is 19.4. The van der Waals surface area contributed by atoms with Crippen LogP contribution in [0.1, 0.15) is 21.6 Å². The van der Waals surface area contributed by atoms with E-state index in [-0.39, 0.29) is 17.2 Å². The van der Waals surface area contributed by atoms with Crippen LogP contribution in [-0.4, -0.2) is 27.2 Å². The summed E-state index contributed by atoms with van der Waals surface area (Å²) in [4.78, 5) is 17.2. The highest BCUT2D eigenvalue weighted by Crippen LogP contribution is 2.38. The van der Waals surface area contributed by atoms with Gasteiger partial charge in [0.2, 0.25) is 0 Å². The average Bonchev–Trinajstić information content (AvgIpc) is 3.05. The van der Waals surface area contributed by atoms with Gasteiger partial charge in [0, 0.05) is 30.9 Å². The molecule has 0 unspecified atom stereocenters. The number of aromatic nitrogens is 2. The summed E-state index contributed by atoms with van der Waals surface area (Å²) in [6.07, 6.45) is -3.01. The van der Waals surface area contributed by atoms with Crippen LogP contribution < -0.4 is 0 Å². The molecule has 3 aromatic rings. The summed E-state index contributed by atoms with van der Waals surface area (Å²) in [5, 5.41) is 0. The van der Waals surface area contributed by atoms with Gasteiger partial charge < -0.3 is 4.90 Å². The third-order valence-electron chi connectivity index (χ3n) is 4.16. The molecule has 0 saturated heterocycles. The fourth-order valence-electron chi connectivity index (χ4n) is 3.08. The van der Waals surface area contributed by atoms with Crippen molar-refractivity contribution >= 4 is 11.6 Å². The van der Waals surface area contributed by atoms with Crippen LogP contribution in [0, 0.1) is 0 Å². The predicted octanol–water partition coefficient (Wildman–Crippen LogP) is 3.61. The topological polar surface area (TPSA) is 37.6 Å². The second-order valence-corrected chi connectivity index (χ2v) is 5.77. The van der Waals surface area contributed by atoms with E-state index in [1.165, 1.54) is 15.4 Å². The maximum atomic E-state index is 13.4. The lowest BCUT2D eigenvalue weighted by atomic mass is 10.0. The summed E-state index contributed by atoms with van der Waals surface area (Å²) >= 11 is 0. The minimum atomic E-state index is -4.56. The quantitative estimate of drug-likeness (QED) is 0.683. The minimum absolute atomic E-state index is 0.0112. The molecule has 2 aromatic heterocycles. The maximum Gasteiger partial charge on any atom is 0.435 e. The number of alkyl halides is 3. The fraction of sp³-hybridized carbons (Fsp3) is 0.176. The van der Waals surface area contributed by atoms with Crippen LogP contribution in [0.5, 0.6) is 0 Å². The Kier molecular flexibility index (Phi) is 2.97. The average molecular weight is 331 g/mol. The number of carbonyl (C=O) groups excluding carboxylic acids is 1. The SMILES string of the molecule is CN1Cc2cc(-c3c(C(F)(F)F)nc4ccccn34)ccc2C1=O. The zero-order valence-electron chi connectivity index (χ0n) is 12.6. The van der Waals surface area contributed by atoms with Gasteiger partial charge in [0.25, 0.3) is 5.91 Å². The number of fused-ring (bicyclic) bond motifs is 2. The van der Waals surface area contributed by atoms with Gasteiger partial charge in [-0.15, -0.1) is 0 Å². The lowest BCUT2D eigenvalue weighted by molar-refractivity contribution is -0.140. The molecule has 122 valence electrons. The summed E-state index contributed by atoms with van der Waals surface area (Å²) < 4.78 is 41.7. The summed E-state index contributed by atoms with van der Waals surface area (Å²) in [6.45, 7) is 0.389. The largest absolute Gasteiger partial charge is 0.435 e. The van der Waals surface area contributed by atoms with Crippen LogP contribution in [0.2, 0.25) is 0 Å². The van der Waals surface area contributed by atoms with Crippen molar-refractivity contribution in [3.8, 4) is 11.3 Å². The first-order valence-corrected chi connectivity index (χ1v) is 7.29. The molecular formula is C17H12F3N3O. The number of hydrogen-bond acceptors (Lipinski definition) is 2. The molecule has 4 rings (SSSR count). The fourth-order valence-corrected chi connectivity index (χ4v) is 3.08. The number of benzene rings is 1. The Hall–Kier alpha value is -2.83. The molecule has 0 saturated carbocycles. The standard InChI is InChI=1S/C17H12F3N3O/c1-22-9-11-8-10(5-6-12(11)16(22)24)14-15(17(18,19)20)21-13-4-2-3-7-23(13)14/h2-8H,9H2,1H3. The zero-order chi connectivity index (χ0) is 17.1. The van der Waals surface area contributed by atoms with Crippen LogP contribution in [-0.2, 0) is 12.7 Å². The van der Waals surface area contributed by atoms with E-state index >= 15 is 0 Å². The van der Waals surface area contributed by atoms with Gasteiger partial charge in [0.05, 0.1) is 5.69 Å². The Bertz CT molecular complexity index is 975. The Labute approximate surface area is 135 Å². The van der Waals surface area contributed by atoms with E-state index in [0.29, 0.717) is 17.7 Å². The highest BCUT2D eigenvalue weighted by Gasteiger charge is 2.38. The molecule has 0 aliphatic carbocycles. The molecule has 0 spiro atoms. The molecule has 1 aromatic carbocycles. The normalized spacial score (nSPS) is 14.5. The third-order valence-corrected chi connectivity index (χ3v) is 4.16. The maximum absolute atomic E-state index is 13.4. The molecule has 24 heavy (non-hydrogen) atoms. The van der Waals surface area contributed by atoms with Crippen LogP contribution in [0.4, 0.5) is 13.2 Å². The molecule has 0 atom stereocenters. The van der Waals surface area contributed by atoms with Crippen LogP contribution in [0.3, 0.4) is 0 Å². The first-order valence-electron chi connectivity index (χ1n) is 7.29.